The van der Waals surface area contributed by atoms with E-state index < -0.39 is 0 Å². The van der Waals surface area contributed by atoms with Gasteiger partial charge in [0.15, 0.2) is 11.5 Å². The predicted octanol–water partition coefficient (Wildman–Crippen LogP) is 3.70. The molecule has 1 aromatic heterocycles. The van der Waals surface area contributed by atoms with E-state index in [0.29, 0.717) is 35.4 Å². The lowest BCUT2D eigenvalue weighted by molar-refractivity contribution is -0.116. The normalized spacial score (nSPS) is 13.0. The largest absolute Gasteiger partial charge is 0.486 e. The number of hydrogen-bond donors (Lipinski definition) is 1. The van der Waals surface area contributed by atoms with Crippen LogP contribution in [0.25, 0.3) is 10.9 Å². The monoisotopic (exact) mass is 342 g/mol. The number of aromatic nitrogens is 1. The van der Waals surface area contributed by atoms with Gasteiger partial charge in [-0.25, -0.2) is 0 Å². The number of nitrogens with one attached hydrogen (secondary N) is 1. The second-order valence-electron chi connectivity index (χ2n) is 5.52. The number of fused-ring (bicyclic) bond motifs is 2. The fraction of sp³-hybridized carbons (Fsp3) is 0.167. The molecule has 0 bridgehead atoms. The Hall–Kier alpha value is -2.66. The van der Waals surface area contributed by atoms with Crippen LogP contribution < -0.4 is 14.8 Å². The van der Waals surface area contributed by atoms with Crippen molar-refractivity contribution in [1.29, 1.82) is 0 Å². The van der Waals surface area contributed by atoms with Crippen LogP contribution in [0, 0.1) is 0 Å². The Morgan fingerprint density at radius 1 is 1.12 bits per heavy atom. The Bertz CT molecular complexity index is 920. The molecule has 1 aliphatic heterocycles. The van der Waals surface area contributed by atoms with E-state index >= 15 is 0 Å². The smallest absolute Gasteiger partial charge is 0.244 e. The van der Waals surface area contributed by atoms with Crippen LogP contribution in [0.2, 0.25) is 5.02 Å². The summed E-state index contributed by atoms with van der Waals surface area (Å²) in [6.45, 7) is 1.26. The number of ether oxygens (including phenoxy) is 2. The van der Waals surface area contributed by atoms with Crippen molar-refractivity contribution in [3.05, 3.63) is 53.7 Å². The van der Waals surface area contributed by atoms with Crippen LogP contribution in [0.5, 0.6) is 11.5 Å². The maximum atomic E-state index is 12.3. The van der Waals surface area contributed by atoms with Crippen LogP contribution >= 0.6 is 11.6 Å². The van der Waals surface area contributed by atoms with E-state index in [2.05, 4.69) is 5.32 Å². The number of hydrogen-bond acceptors (Lipinski definition) is 3. The summed E-state index contributed by atoms with van der Waals surface area (Å²) < 4.78 is 12.9. The molecule has 0 saturated carbocycles. The first kappa shape index (κ1) is 14.9. The summed E-state index contributed by atoms with van der Waals surface area (Å²) in [5, 5.41) is 4.50. The molecule has 2 heterocycles. The fourth-order valence-corrected chi connectivity index (χ4v) is 3.03. The third kappa shape index (κ3) is 2.78. The molecule has 122 valence electrons. The van der Waals surface area contributed by atoms with E-state index in [0.717, 1.165) is 10.9 Å². The molecule has 0 unspecified atom stereocenters. The van der Waals surface area contributed by atoms with E-state index in [1.807, 2.05) is 35.0 Å². The molecule has 1 amide bonds. The summed E-state index contributed by atoms with van der Waals surface area (Å²) in [5.41, 5.74) is 1.61. The molecule has 5 nitrogen and oxygen atoms in total. The number of amides is 1. The highest BCUT2D eigenvalue weighted by Gasteiger charge is 2.13. The lowest BCUT2D eigenvalue weighted by Crippen LogP contribution is -2.19. The van der Waals surface area contributed by atoms with E-state index in [4.69, 9.17) is 21.1 Å². The average molecular weight is 343 g/mol. The van der Waals surface area contributed by atoms with Gasteiger partial charge in [0.1, 0.15) is 19.8 Å². The van der Waals surface area contributed by atoms with Gasteiger partial charge in [0.2, 0.25) is 5.91 Å². The molecule has 0 fully saturated rings. The first-order chi connectivity index (χ1) is 11.7. The van der Waals surface area contributed by atoms with Crippen LogP contribution in [0.3, 0.4) is 0 Å². The first-order valence-electron chi connectivity index (χ1n) is 7.63. The molecule has 6 heteroatoms. The molecule has 0 aliphatic carbocycles. The minimum Gasteiger partial charge on any atom is -0.486 e. The average Bonchev–Trinajstić information content (AvgIpc) is 2.99. The van der Waals surface area contributed by atoms with Gasteiger partial charge in [-0.1, -0.05) is 17.7 Å². The Balaban J connectivity index is 1.51. The zero-order chi connectivity index (χ0) is 16.5. The lowest BCUT2D eigenvalue weighted by Gasteiger charge is -2.19. The van der Waals surface area contributed by atoms with E-state index in [1.165, 1.54) is 0 Å². The number of carbonyl (C=O) groups excluding carboxylic acids is 1. The highest BCUT2D eigenvalue weighted by atomic mass is 35.5. The van der Waals surface area contributed by atoms with E-state index in [9.17, 15) is 4.79 Å². The Labute approximate surface area is 143 Å². The van der Waals surface area contributed by atoms with Gasteiger partial charge in [0.05, 0.1) is 0 Å². The van der Waals surface area contributed by atoms with Crippen molar-refractivity contribution >= 4 is 34.1 Å². The Morgan fingerprint density at radius 2 is 1.96 bits per heavy atom. The molecule has 1 N–H and O–H groups in total. The van der Waals surface area contributed by atoms with E-state index in [1.54, 1.807) is 18.2 Å². The summed E-state index contributed by atoms with van der Waals surface area (Å²) in [7, 11) is 0. The standard InChI is InChI=1S/C18H15ClN2O3/c19-14-2-1-3-15-13(14)6-7-21(15)11-18(22)20-12-4-5-16-17(10-12)24-9-8-23-16/h1-7,10H,8-9,11H2,(H,20,22). The molecule has 24 heavy (non-hydrogen) atoms. The second-order valence-corrected chi connectivity index (χ2v) is 5.93. The quantitative estimate of drug-likeness (QED) is 0.789. The van der Waals surface area contributed by atoms with Crippen molar-refractivity contribution in [2.24, 2.45) is 0 Å². The minimum absolute atomic E-state index is 0.121. The van der Waals surface area contributed by atoms with Gasteiger partial charge < -0.3 is 19.4 Å². The zero-order valence-corrected chi connectivity index (χ0v) is 13.5. The predicted molar refractivity (Wildman–Crippen MR) is 93.0 cm³/mol. The first-order valence-corrected chi connectivity index (χ1v) is 8.01. The van der Waals surface area contributed by atoms with Crippen molar-refractivity contribution in [3.8, 4) is 11.5 Å². The van der Waals surface area contributed by atoms with Gasteiger partial charge in [0, 0.05) is 33.9 Å². The molecular formula is C18H15ClN2O3. The number of nitrogens with zero attached hydrogens (tertiary/aromatic N) is 1. The van der Waals surface area contributed by atoms with Crippen LogP contribution in [0.1, 0.15) is 0 Å². The number of rotatable bonds is 3. The van der Waals surface area contributed by atoms with Gasteiger partial charge >= 0.3 is 0 Å². The zero-order valence-electron chi connectivity index (χ0n) is 12.8. The van der Waals surface area contributed by atoms with Gasteiger partial charge in [-0.05, 0) is 30.3 Å². The summed E-state index contributed by atoms with van der Waals surface area (Å²) >= 11 is 6.16. The van der Waals surface area contributed by atoms with Crippen molar-refractivity contribution < 1.29 is 14.3 Å². The Kier molecular flexibility index (Phi) is 3.78. The summed E-state index contributed by atoms with van der Waals surface area (Å²) in [6.07, 6.45) is 1.86. The minimum atomic E-state index is -0.121. The molecule has 2 aromatic carbocycles. The number of halogens is 1. The summed E-state index contributed by atoms with van der Waals surface area (Å²) in [4.78, 5) is 12.3. The third-order valence-electron chi connectivity index (χ3n) is 3.90. The number of carbonyl (C=O) groups is 1. The molecule has 1 aliphatic rings. The van der Waals surface area contributed by atoms with Gasteiger partial charge in [-0.2, -0.15) is 0 Å². The highest BCUT2D eigenvalue weighted by molar-refractivity contribution is 6.35. The summed E-state index contributed by atoms with van der Waals surface area (Å²) in [5.74, 6) is 1.23. The maximum absolute atomic E-state index is 12.3. The van der Waals surface area contributed by atoms with Crippen molar-refractivity contribution in [3.63, 3.8) is 0 Å². The van der Waals surface area contributed by atoms with Crippen molar-refractivity contribution in [1.82, 2.24) is 4.57 Å². The van der Waals surface area contributed by atoms with Crippen molar-refractivity contribution in [2.75, 3.05) is 18.5 Å². The highest BCUT2D eigenvalue weighted by Crippen LogP contribution is 2.32. The Morgan fingerprint density at radius 3 is 2.83 bits per heavy atom. The molecule has 0 spiro atoms. The topological polar surface area (TPSA) is 52.5 Å². The van der Waals surface area contributed by atoms with Crippen LogP contribution in [-0.4, -0.2) is 23.7 Å². The summed E-state index contributed by atoms with van der Waals surface area (Å²) in [6, 6.07) is 12.9. The van der Waals surface area contributed by atoms with Gasteiger partial charge in [-0.3, -0.25) is 4.79 Å². The fourth-order valence-electron chi connectivity index (χ4n) is 2.80. The molecule has 4 rings (SSSR count). The van der Waals surface area contributed by atoms with Gasteiger partial charge in [0.25, 0.3) is 0 Å². The SMILES string of the molecule is O=C(Cn1ccc2c(Cl)cccc21)Nc1ccc2c(c1)OCCO2. The number of anilines is 1. The molecule has 0 radical (unpaired) electrons. The third-order valence-corrected chi connectivity index (χ3v) is 4.23. The van der Waals surface area contributed by atoms with Crippen molar-refractivity contribution in [2.45, 2.75) is 6.54 Å². The lowest BCUT2D eigenvalue weighted by atomic mass is 10.2. The van der Waals surface area contributed by atoms with E-state index in [-0.39, 0.29) is 12.5 Å². The molecule has 0 saturated heterocycles. The molecular weight excluding hydrogens is 328 g/mol. The van der Waals surface area contributed by atoms with Crippen LogP contribution in [0.4, 0.5) is 5.69 Å². The molecule has 3 aromatic rings. The van der Waals surface area contributed by atoms with Gasteiger partial charge in [-0.15, -0.1) is 0 Å². The van der Waals surface area contributed by atoms with Crippen LogP contribution in [0.15, 0.2) is 48.7 Å². The number of benzene rings is 2. The maximum Gasteiger partial charge on any atom is 0.244 e. The van der Waals surface area contributed by atoms with Crippen LogP contribution in [-0.2, 0) is 11.3 Å². The molecule has 0 atom stereocenters. The second kappa shape index (κ2) is 6.09.